The maximum Gasteiger partial charge on any atom is 0.326 e. The Bertz CT molecular complexity index is 365. The van der Waals surface area contributed by atoms with Crippen LogP contribution in [0.2, 0.25) is 0 Å². The Morgan fingerprint density at radius 1 is 1.33 bits per heavy atom. The van der Waals surface area contributed by atoms with Crippen molar-refractivity contribution in [1.29, 1.82) is 0 Å². The second kappa shape index (κ2) is 3.89. The molecule has 6 nitrogen and oxygen atoms in total. The number of aromatic amines is 2. The normalized spacial score (nSPS) is 8.67. The van der Waals surface area contributed by atoms with E-state index in [2.05, 4.69) is 0 Å². The summed E-state index contributed by atoms with van der Waals surface area (Å²) in [5.74, 6) is -1.59. The summed E-state index contributed by atoms with van der Waals surface area (Å²) in [7, 11) is 0. The van der Waals surface area contributed by atoms with Gasteiger partial charge in [0.05, 0.1) is 11.7 Å². The van der Waals surface area contributed by atoms with E-state index in [0.717, 1.165) is 6.07 Å². The van der Waals surface area contributed by atoms with Crippen molar-refractivity contribution in [2.45, 2.75) is 0 Å². The van der Waals surface area contributed by atoms with E-state index < -0.39 is 22.9 Å². The molecule has 12 heavy (non-hydrogen) atoms. The molecule has 0 aromatic carbocycles. The molecule has 0 saturated carbocycles. The molecule has 0 unspecified atom stereocenters. The average molecular weight is 210 g/mol. The van der Waals surface area contributed by atoms with E-state index in [-0.39, 0.29) is 17.1 Å². The van der Waals surface area contributed by atoms with E-state index in [1.165, 1.54) is 0 Å². The standard InChI is InChI=1S/C5H4N2O4.Mn/c8-3-1-2(4(9)10)6-5(11)7-3;/h1H,(H,9,10)(H2,6,7,8,11);/p-1. The maximum absolute atomic E-state index is 10.4. The Kier molecular flexibility index (Phi) is 3.46. The van der Waals surface area contributed by atoms with Crippen LogP contribution in [0.1, 0.15) is 10.5 Å². The van der Waals surface area contributed by atoms with Crippen LogP contribution in [0, 0.1) is 0 Å². The average Bonchev–Trinajstić information content (AvgIpc) is 1.85. The molecule has 1 rings (SSSR count). The van der Waals surface area contributed by atoms with Gasteiger partial charge >= 0.3 is 5.69 Å². The van der Waals surface area contributed by atoms with Gasteiger partial charge in [0, 0.05) is 23.1 Å². The first-order chi connectivity index (χ1) is 5.09. The summed E-state index contributed by atoms with van der Waals surface area (Å²) in [4.78, 5) is 34.6. The number of aromatic nitrogens is 2. The number of carbonyl (C=O) groups is 1. The van der Waals surface area contributed by atoms with Crippen molar-refractivity contribution >= 4 is 5.97 Å². The molecule has 2 N–H and O–H groups in total. The molecule has 0 bridgehead atoms. The molecule has 0 saturated heterocycles. The molecule has 65 valence electrons. The summed E-state index contributed by atoms with van der Waals surface area (Å²) < 4.78 is 0. The fraction of sp³-hybridized carbons (Fsp3) is 0. The molecule has 1 aromatic heterocycles. The van der Waals surface area contributed by atoms with Crippen molar-refractivity contribution in [2.75, 3.05) is 0 Å². The number of hydrogen-bond acceptors (Lipinski definition) is 4. The first-order valence-electron chi connectivity index (χ1n) is 2.64. The van der Waals surface area contributed by atoms with Gasteiger partial charge in [-0.25, -0.2) is 4.79 Å². The van der Waals surface area contributed by atoms with Crippen LogP contribution in [0.15, 0.2) is 15.7 Å². The molecule has 0 amide bonds. The van der Waals surface area contributed by atoms with Crippen molar-refractivity contribution in [3.05, 3.63) is 32.6 Å². The number of rotatable bonds is 1. The predicted molar refractivity (Wildman–Crippen MR) is 32.0 cm³/mol. The zero-order valence-corrected chi connectivity index (χ0v) is 6.77. The minimum absolute atomic E-state index is 0. The van der Waals surface area contributed by atoms with E-state index in [4.69, 9.17) is 0 Å². The fourth-order valence-corrected chi connectivity index (χ4v) is 0.579. The predicted octanol–water partition coefficient (Wildman–Crippen LogP) is -2.58. The number of aromatic carboxylic acids is 1. The zero-order chi connectivity index (χ0) is 8.43. The second-order valence-electron chi connectivity index (χ2n) is 1.79. The number of nitrogens with one attached hydrogen (secondary N) is 2. The molecule has 1 aromatic rings. The topological polar surface area (TPSA) is 106 Å². The quantitative estimate of drug-likeness (QED) is 0.496. The Labute approximate surface area is 76.1 Å². The van der Waals surface area contributed by atoms with Crippen LogP contribution in [-0.4, -0.2) is 15.9 Å². The van der Waals surface area contributed by atoms with Gasteiger partial charge in [0.15, 0.2) is 0 Å². The smallest absolute Gasteiger partial charge is 0.326 e. The third-order valence-corrected chi connectivity index (χ3v) is 0.980. The molecule has 0 aliphatic rings. The van der Waals surface area contributed by atoms with Crippen LogP contribution in [-0.2, 0) is 17.1 Å². The van der Waals surface area contributed by atoms with E-state index in [9.17, 15) is 19.5 Å². The Balaban J connectivity index is 0.00000121. The van der Waals surface area contributed by atoms with Crippen LogP contribution in [0.25, 0.3) is 0 Å². The fourth-order valence-electron chi connectivity index (χ4n) is 0.579. The van der Waals surface area contributed by atoms with Crippen molar-refractivity contribution in [3.8, 4) is 0 Å². The summed E-state index contributed by atoms with van der Waals surface area (Å²) in [6.45, 7) is 0. The second-order valence-corrected chi connectivity index (χ2v) is 1.79. The van der Waals surface area contributed by atoms with Crippen molar-refractivity contribution < 1.29 is 27.0 Å². The van der Waals surface area contributed by atoms with Gasteiger partial charge in [-0.2, -0.15) is 0 Å². The Morgan fingerprint density at radius 3 is 2.33 bits per heavy atom. The molecule has 1 radical (unpaired) electrons. The van der Waals surface area contributed by atoms with Crippen LogP contribution >= 0.6 is 0 Å². The van der Waals surface area contributed by atoms with Gasteiger partial charge in [0.2, 0.25) is 0 Å². The third kappa shape index (κ3) is 2.37. The molecule has 7 heteroatoms. The molecule has 1 heterocycles. The first-order valence-corrected chi connectivity index (χ1v) is 2.64. The summed E-state index contributed by atoms with van der Waals surface area (Å²) in [6.07, 6.45) is 0. The molecular weight excluding hydrogens is 207 g/mol. The summed E-state index contributed by atoms with van der Waals surface area (Å²) in [5.41, 5.74) is -2.16. The Hall–Kier alpha value is -1.33. The monoisotopic (exact) mass is 210 g/mol. The van der Waals surface area contributed by atoms with Gasteiger partial charge < -0.3 is 14.9 Å². The van der Waals surface area contributed by atoms with Crippen LogP contribution < -0.4 is 16.4 Å². The molecule has 0 fully saturated rings. The van der Waals surface area contributed by atoms with Gasteiger partial charge in [-0.15, -0.1) is 0 Å². The van der Waals surface area contributed by atoms with Gasteiger partial charge in [-0.1, -0.05) is 0 Å². The number of hydrogen-bond donors (Lipinski definition) is 2. The number of carboxylic acids is 1. The number of H-pyrrole nitrogens is 2. The van der Waals surface area contributed by atoms with Gasteiger partial charge in [0.25, 0.3) is 5.56 Å². The summed E-state index contributed by atoms with van der Waals surface area (Å²) >= 11 is 0. The molecule has 0 spiro atoms. The first kappa shape index (κ1) is 10.7. The van der Waals surface area contributed by atoms with E-state index >= 15 is 0 Å². The van der Waals surface area contributed by atoms with Crippen molar-refractivity contribution in [2.24, 2.45) is 0 Å². The molecule has 0 aliphatic heterocycles. The molecule has 0 atom stereocenters. The van der Waals surface area contributed by atoms with Gasteiger partial charge in [-0.3, -0.25) is 9.78 Å². The SMILES string of the molecule is O=C([O-])c1cc(=O)[nH]c(=O)[nH]1.[Mn]. The van der Waals surface area contributed by atoms with Crippen molar-refractivity contribution in [1.82, 2.24) is 9.97 Å². The zero-order valence-electron chi connectivity index (χ0n) is 5.59. The van der Waals surface area contributed by atoms with Crippen LogP contribution in [0.5, 0.6) is 0 Å². The Morgan fingerprint density at radius 2 is 1.92 bits per heavy atom. The van der Waals surface area contributed by atoms with Crippen molar-refractivity contribution in [3.63, 3.8) is 0 Å². The van der Waals surface area contributed by atoms with E-state index in [1.807, 2.05) is 9.97 Å². The van der Waals surface area contributed by atoms with E-state index in [1.54, 1.807) is 0 Å². The molecule has 0 aliphatic carbocycles. The van der Waals surface area contributed by atoms with Gasteiger partial charge in [-0.05, 0) is 0 Å². The summed E-state index contributed by atoms with van der Waals surface area (Å²) in [6, 6.07) is 0.733. The minimum Gasteiger partial charge on any atom is -0.543 e. The van der Waals surface area contributed by atoms with Gasteiger partial charge in [0.1, 0.15) is 0 Å². The van der Waals surface area contributed by atoms with E-state index in [0.29, 0.717) is 0 Å². The number of carboxylic acid groups (broad SMARTS) is 1. The number of carbonyl (C=O) groups excluding carboxylic acids is 1. The summed E-state index contributed by atoms with van der Waals surface area (Å²) in [5, 5.41) is 10.1. The largest absolute Gasteiger partial charge is 0.543 e. The minimum atomic E-state index is -1.59. The molecular formula is C5H3MnN2O4-. The maximum atomic E-state index is 10.4. The van der Waals surface area contributed by atoms with Crippen LogP contribution in [0.3, 0.4) is 0 Å². The van der Waals surface area contributed by atoms with Crippen LogP contribution in [0.4, 0.5) is 0 Å². The third-order valence-electron chi connectivity index (χ3n) is 0.980.